The molecule has 0 aliphatic carbocycles. The highest BCUT2D eigenvalue weighted by Gasteiger charge is 2.23. The summed E-state index contributed by atoms with van der Waals surface area (Å²) >= 11 is 0. The lowest BCUT2D eigenvalue weighted by atomic mass is 10.0. The first kappa shape index (κ1) is 42.2. The minimum Gasteiger partial charge on any atom is -0.756 e. The first-order chi connectivity index (χ1) is 20.5. The number of unbranched alkanes of at least 4 members (excludes halogenated alkanes) is 18. The Labute approximate surface area is 265 Å². The fourth-order valence-corrected chi connectivity index (χ4v) is 5.58. The number of aliphatic hydroxyl groups excluding tert-OH is 1. The number of carbonyl (C=O) groups excluding carboxylic acids is 1. The number of likely N-dealkylation sites (N-methyl/N-ethyl adjacent to an activating group) is 1. The summed E-state index contributed by atoms with van der Waals surface area (Å²) in [7, 11) is 1.26. The third-order valence-corrected chi connectivity index (χ3v) is 8.71. The van der Waals surface area contributed by atoms with Crippen molar-refractivity contribution in [3.05, 3.63) is 12.2 Å². The Balaban J connectivity index is 4.52. The number of nitrogens with one attached hydrogen (secondary N) is 1. The van der Waals surface area contributed by atoms with Gasteiger partial charge in [-0.05, 0) is 19.3 Å². The van der Waals surface area contributed by atoms with Crippen LogP contribution in [0.3, 0.4) is 0 Å². The van der Waals surface area contributed by atoms with Crippen molar-refractivity contribution < 1.29 is 32.9 Å². The maximum absolute atomic E-state index is 12.7. The molecule has 0 aliphatic heterocycles. The second-order valence-electron chi connectivity index (χ2n) is 13.2. The number of hydrogen-bond donors (Lipinski definition) is 2. The largest absolute Gasteiger partial charge is 0.756 e. The number of rotatable bonds is 31. The molecular formula is C34H69N2O6P. The van der Waals surface area contributed by atoms with E-state index in [-0.39, 0.29) is 19.1 Å². The highest BCUT2D eigenvalue weighted by molar-refractivity contribution is 7.45. The molecule has 0 fully saturated rings. The number of nitrogens with zero attached hydrogens (tertiary/aromatic N) is 1. The summed E-state index contributed by atoms with van der Waals surface area (Å²) in [5.41, 5.74) is 0. The average Bonchev–Trinajstić information content (AvgIpc) is 2.94. The van der Waals surface area contributed by atoms with Gasteiger partial charge in [-0.15, -0.1) is 0 Å². The Bertz CT molecular complexity index is 728. The first-order valence-corrected chi connectivity index (χ1v) is 19.0. The number of phosphoric acid groups is 1. The van der Waals surface area contributed by atoms with E-state index in [0.29, 0.717) is 17.4 Å². The summed E-state index contributed by atoms with van der Waals surface area (Å²) in [4.78, 5) is 25.0. The van der Waals surface area contributed by atoms with Crippen molar-refractivity contribution in [1.82, 2.24) is 5.32 Å². The summed E-state index contributed by atoms with van der Waals surface area (Å²) in [6, 6.07) is -0.875. The van der Waals surface area contributed by atoms with Gasteiger partial charge in [-0.1, -0.05) is 135 Å². The standard InChI is InChI=1S/C34H69N2O6P/c1-6-8-10-12-14-16-17-18-19-20-22-24-26-28-34(38)35-32(31-42-43(39,40)41-30-29-36(3,4)5)33(37)27-25-23-21-15-13-11-9-7-2/h25,27,32-33,37H,6-24,26,28-31H2,1-5H3,(H-,35,38,39,40)/b27-25+. The number of hydrogen-bond acceptors (Lipinski definition) is 6. The molecule has 1 amide bonds. The molecular weight excluding hydrogens is 563 g/mol. The molecule has 0 saturated carbocycles. The van der Waals surface area contributed by atoms with Crippen molar-refractivity contribution in [2.45, 2.75) is 161 Å². The quantitative estimate of drug-likeness (QED) is 0.0349. The van der Waals surface area contributed by atoms with E-state index in [2.05, 4.69) is 19.2 Å². The highest BCUT2D eigenvalue weighted by Crippen LogP contribution is 2.38. The molecule has 0 aliphatic rings. The molecule has 9 heteroatoms. The predicted octanol–water partition coefficient (Wildman–Crippen LogP) is 7.83. The minimum atomic E-state index is -4.56. The number of quaternary nitrogens is 1. The summed E-state index contributed by atoms with van der Waals surface area (Å²) in [5.74, 6) is -0.202. The molecule has 0 rings (SSSR count). The fourth-order valence-electron chi connectivity index (χ4n) is 4.86. The molecule has 3 unspecified atom stereocenters. The van der Waals surface area contributed by atoms with Gasteiger partial charge in [0.05, 0.1) is 39.9 Å². The molecule has 3 atom stereocenters. The second kappa shape index (κ2) is 27.5. The zero-order chi connectivity index (χ0) is 32.2. The van der Waals surface area contributed by atoms with Crippen LogP contribution in [0.1, 0.15) is 149 Å². The molecule has 0 aromatic heterocycles. The molecule has 0 saturated heterocycles. The number of phosphoric ester groups is 1. The number of allylic oxidation sites excluding steroid dienone is 1. The van der Waals surface area contributed by atoms with E-state index in [0.717, 1.165) is 38.5 Å². The third kappa shape index (κ3) is 29.7. The van der Waals surface area contributed by atoms with Crippen molar-refractivity contribution in [3.63, 3.8) is 0 Å². The molecule has 0 heterocycles. The number of amides is 1. The molecule has 2 N–H and O–H groups in total. The van der Waals surface area contributed by atoms with Crippen molar-refractivity contribution >= 4 is 13.7 Å². The normalized spacial score (nSPS) is 15.0. The van der Waals surface area contributed by atoms with Gasteiger partial charge in [-0.2, -0.15) is 0 Å². The van der Waals surface area contributed by atoms with Gasteiger partial charge in [-0.25, -0.2) is 0 Å². The van der Waals surface area contributed by atoms with Crippen LogP contribution in [0.2, 0.25) is 0 Å². The Morgan fingerprint density at radius 2 is 1.26 bits per heavy atom. The molecule has 43 heavy (non-hydrogen) atoms. The van der Waals surface area contributed by atoms with E-state index in [1.807, 2.05) is 27.2 Å². The molecule has 0 aromatic rings. The second-order valence-corrected chi connectivity index (χ2v) is 14.6. The van der Waals surface area contributed by atoms with Crippen LogP contribution >= 0.6 is 7.82 Å². The maximum atomic E-state index is 12.7. The van der Waals surface area contributed by atoms with Crippen molar-refractivity contribution in [1.29, 1.82) is 0 Å². The lowest BCUT2D eigenvalue weighted by Crippen LogP contribution is -2.45. The molecule has 0 radical (unpaired) electrons. The smallest absolute Gasteiger partial charge is 0.268 e. The minimum absolute atomic E-state index is 0.00105. The lowest BCUT2D eigenvalue weighted by molar-refractivity contribution is -0.870. The van der Waals surface area contributed by atoms with Crippen LogP contribution in [-0.2, 0) is 18.4 Å². The van der Waals surface area contributed by atoms with Gasteiger partial charge in [0, 0.05) is 6.42 Å². The zero-order valence-electron chi connectivity index (χ0n) is 28.7. The predicted molar refractivity (Wildman–Crippen MR) is 178 cm³/mol. The Hall–Kier alpha value is -0.760. The van der Waals surface area contributed by atoms with Crippen LogP contribution in [0.5, 0.6) is 0 Å². The zero-order valence-corrected chi connectivity index (χ0v) is 29.6. The lowest BCUT2D eigenvalue weighted by Gasteiger charge is -2.29. The summed E-state index contributed by atoms with van der Waals surface area (Å²) in [6.07, 6.45) is 26.8. The topological polar surface area (TPSA) is 108 Å². The van der Waals surface area contributed by atoms with Gasteiger partial charge >= 0.3 is 0 Å². The maximum Gasteiger partial charge on any atom is 0.268 e. The molecule has 0 spiro atoms. The van der Waals surface area contributed by atoms with Gasteiger partial charge in [0.2, 0.25) is 5.91 Å². The van der Waals surface area contributed by atoms with Crippen LogP contribution in [0.25, 0.3) is 0 Å². The van der Waals surface area contributed by atoms with E-state index in [9.17, 15) is 19.4 Å². The Morgan fingerprint density at radius 3 is 1.74 bits per heavy atom. The number of carbonyl (C=O) groups is 1. The van der Waals surface area contributed by atoms with Gasteiger partial charge in [0.25, 0.3) is 7.82 Å². The first-order valence-electron chi connectivity index (χ1n) is 17.6. The van der Waals surface area contributed by atoms with E-state index >= 15 is 0 Å². The van der Waals surface area contributed by atoms with Crippen molar-refractivity contribution in [3.8, 4) is 0 Å². The molecule has 0 aromatic carbocycles. The fraction of sp³-hybridized carbons (Fsp3) is 0.912. The van der Waals surface area contributed by atoms with Gasteiger partial charge in [-0.3, -0.25) is 9.36 Å². The molecule has 0 bridgehead atoms. The van der Waals surface area contributed by atoms with Gasteiger partial charge < -0.3 is 28.8 Å². The van der Waals surface area contributed by atoms with Crippen LogP contribution in [-0.4, -0.2) is 68.5 Å². The van der Waals surface area contributed by atoms with Crippen molar-refractivity contribution in [2.24, 2.45) is 0 Å². The Morgan fingerprint density at radius 1 is 0.791 bits per heavy atom. The van der Waals surface area contributed by atoms with Crippen LogP contribution in [0.15, 0.2) is 12.2 Å². The van der Waals surface area contributed by atoms with Crippen LogP contribution in [0, 0.1) is 0 Å². The van der Waals surface area contributed by atoms with Crippen molar-refractivity contribution in [2.75, 3.05) is 40.9 Å². The average molecular weight is 633 g/mol. The summed E-state index contributed by atoms with van der Waals surface area (Å²) < 4.78 is 23.0. The monoisotopic (exact) mass is 632 g/mol. The molecule has 256 valence electrons. The van der Waals surface area contributed by atoms with Crippen LogP contribution in [0.4, 0.5) is 0 Å². The summed E-state index contributed by atoms with van der Waals surface area (Å²) in [5, 5.41) is 13.6. The third-order valence-electron chi connectivity index (χ3n) is 7.75. The van der Waals surface area contributed by atoms with E-state index < -0.39 is 20.0 Å². The van der Waals surface area contributed by atoms with E-state index in [1.165, 1.54) is 89.9 Å². The molecule has 8 nitrogen and oxygen atoms in total. The summed E-state index contributed by atoms with van der Waals surface area (Å²) in [6.45, 7) is 4.57. The number of aliphatic hydroxyl groups is 1. The van der Waals surface area contributed by atoms with E-state index in [1.54, 1.807) is 6.08 Å². The SMILES string of the molecule is CCCCCCCC/C=C/C(O)C(COP(=O)([O-])OCC[N+](C)(C)C)NC(=O)CCCCCCCCCCCCCCC. The van der Waals surface area contributed by atoms with Gasteiger partial charge in [0.1, 0.15) is 13.2 Å². The highest BCUT2D eigenvalue weighted by atomic mass is 31.2. The Kier molecular flexibility index (Phi) is 27.1. The van der Waals surface area contributed by atoms with Gasteiger partial charge in [0.15, 0.2) is 0 Å². The van der Waals surface area contributed by atoms with E-state index in [4.69, 9.17) is 9.05 Å². The van der Waals surface area contributed by atoms with Crippen LogP contribution < -0.4 is 10.2 Å².